The third kappa shape index (κ3) is 2.80. The monoisotopic (exact) mass is 298 g/mol. The Morgan fingerprint density at radius 3 is 2.55 bits per heavy atom. The molecule has 4 N–H and O–H groups in total. The van der Waals surface area contributed by atoms with E-state index in [-0.39, 0.29) is 27.7 Å². The molecule has 0 atom stereocenters. The number of nitrogens with one attached hydrogen (secondary N) is 1. The van der Waals surface area contributed by atoms with E-state index in [1.54, 1.807) is 0 Å². The largest absolute Gasteiger partial charge is 0.506 e. The van der Waals surface area contributed by atoms with Gasteiger partial charge >= 0.3 is 0 Å². The molecule has 2 rings (SSSR count). The number of nitrogen functional groups attached to an aromatic ring is 1. The smallest absolute Gasteiger partial charge is 0.255 e. The van der Waals surface area contributed by atoms with Crippen LogP contribution in [0.5, 0.6) is 5.75 Å². The zero-order valence-corrected chi connectivity index (χ0v) is 10.7. The molecule has 104 valence electrons. The molecule has 0 fully saturated rings. The standard InChI is InChI=1S/C13H9ClF2N2O2/c14-7-4-11(12(19)5-10(7)17)18-13(20)6-1-2-8(15)9(16)3-6/h1-5,19H,17H2,(H,18,20). The Kier molecular flexibility index (Phi) is 3.76. The number of carbonyl (C=O) groups excluding carboxylic acids is 1. The lowest BCUT2D eigenvalue weighted by Gasteiger charge is -2.09. The average Bonchev–Trinajstić information content (AvgIpc) is 2.39. The highest BCUT2D eigenvalue weighted by Gasteiger charge is 2.13. The topological polar surface area (TPSA) is 75.3 Å². The van der Waals surface area contributed by atoms with Gasteiger partial charge in [0, 0.05) is 11.6 Å². The van der Waals surface area contributed by atoms with E-state index in [0.717, 1.165) is 18.2 Å². The first-order valence-corrected chi connectivity index (χ1v) is 5.80. The maximum Gasteiger partial charge on any atom is 0.255 e. The summed E-state index contributed by atoms with van der Waals surface area (Å²) < 4.78 is 25.8. The van der Waals surface area contributed by atoms with Crippen LogP contribution in [0.4, 0.5) is 20.2 Å². The van der Waals surface area contributed by atoms with Crippen molar-refractivity contribution in [3.8, 4) is 5.75 Å². The molecule has 2 aromatic carbocycles. The second-order valence-electron chi connectivity index (χ2n) is 3.97. The number of phenols is 1. The second-order valence-corrected chi connectivity index (χ2v) is 4.38. The first-order valence-electron chi connectivity index (χ1n) is 5.43. The van der Waals surface area contributed by atoms with Crippen molar-refractivity contribution in [2.45, 2.75) is 0 Å². The molecule has 2 aromatic rings. The molecule has 7 heteroatoms. The molecule has 0 aliphatic carbocycles. The minimum atomic E-state index is -1.14. The third-order valence-electron chi connectivity index (χ3n) is 2.55. The number of rotatable bonds is 2. The van der Waals surface area contributed by atoms with Gasteiger partial charge in [0.05, 0.1) is 16.4 Å². The van der Waals surface area contributed by atoms with Crippen molar-refractivity contribution in [1.82, 2.24) is 0 Å². The van der Waals surface area contributed by atoms with E-state index in [1.165, 1.54) is 12.1 Å². The van der Waals surface area contributed by atoms with E-state index in [4.69, 9.17) is 17.3 Å². The lowest BCUT2D eigenvalue weighted by Crippen LogP contribution is -2.12. The number of hydrogen-bond acceptors (Lipinski definition) is 3. The molecule has 1 amide bonds. The number of phenolic OH excluding ortho intramolecular Hbond substituents is 1. The van der Waals surface area contributed by atoms with E-state index in [0.29, 0.717) is 0 Å². The van der Waals surface area contributed by atoms with Gasteiger partial charge in [0.1, 0.15) is 5.75 Å². The van der Waals surface area contributed by atoms with Crippen LogP contribution >= 0.6 is 11.6 Å². The van der Waals surface area contributed by atoms with Gasteiger partial charge < -0.3 is 16.2 Å². The van der Waals surface area contributed by atoms with Crippen LogP contribution in [0.3, 0.4) is 0 Å². The predicted octanol–water partition coefficient (Wildman–Crippen LogP) is 3.16. The molecule has 20 heavy (non-hydrogen) atoms. The molecule has 0 aliphatic heterocycles. The lowest BCUT2D eigenvalue weighted by molar-refractivity contribution is 0.102. The molecule has 0 radical (unpaired) electrons. The number of amides is 1. The van der Waals surface area contributed by atoms with E-state index < -0.39 is 17.5 Å². The third-order valence-corrected chi connectivity index (χ3v) is 2.87. The van der Waals surface area contributed by atoms with Gasteiger partial charge in [-0.1, -0.05) is 11.6 Å². The van der Waals surface area contributed by atoms with Crippen LogP contribution in [-0.2, 0) is 0 Å². The van der Waals surface area contributed by atoms with Crippen LogP contribution in [0.25, 0.3) is 0 Å². The number of nitrogens with two attached hydrogens (primary N) is 1. The van der Waals surface area contributed by atoms with Gasteiger partial charge in [-0.05, 0) is 24.3 Å². The van der Waals surface area contributed by atoms with Gasteiger partial charge in [-0.3, -0.25) is 4.79 Å². The van der Waals surface area contributed by atoms with Gasteiger partial charge in [0.15, 0.2) is 11.6 Å². The van der Waals surface area contributed by atoms with Crippen LogP contribution in [0, 0.1) is 11.6 Å². The normalized spacial score (nSPS) is 10.3. The molecular weight excluding hydrogens is 290 g/mol. The summed E-state index contributed by atoms with van der Waals surface area (Å²) in [4.78, 5) is 11.8. The Morgan fingerprint density at radius 1 is 1.20 bits per heavy atom. The van der Waals surface area contributed by atoms with Crippen molar-refractivity contribution in [1.29, 1.82) is 0 Å². The fraction of sp³-hybridized carbons (Fsp3) is 0. The van der Waals surface area contributed by atoms with Crippen LogP contribution in [0.1, 0.15) is 10.4 Å². The average molecular weight is 299 g/mol. The van der Waals surface area contributed by atoms with Crippen LogP contribution in [0.2, 0.25) is 5.02 Å². The molecule has 0 heterocycles. The van der Waals surface area contributed by atoms with Gasteiger partial charge in [0.2, 0.25) is 0 Å². The molecule has 0 bridgehead atoms. The Labute approximate surface area is 117 Å². The van der Waals surface area contributed by atoms with E-state index in [2.05, 4.69) is 5.32 Å². The first kappa shape index (κ1) is 14.1. The first-order chi connectivity index (χ1) is 9.38. The Hall–Kier alpha value is -2.34. The van der Waals surface area contributed by atoms with Gasteiger partial charge in [0.25, 0.3) is 5.91 Å². The van der Waals surface area contributed by atoms with Crippen LogP contribution in [-0.4, -0.2) is 11.0 Å². The Bertz CT molecular complexity index is 692. The summed E-state index contributed by atoms with van der Waals surface area (Å²) >= 11 is 5.76. The quantitative estimate of drug-likeness (QED) is 0.589. The summed E-state index contributed by atoms with van der Waals surface area (Å²) in [7, 11) is 0. The second kappa shape index (κ2) is 5.34. The summed E-state index contributed by atoms with van der Waals surface area (Å²) in [5.41, 5.74) is 5.53. The molecule has 0 saturated heterocycles. The fourth-order valence-corrected chi connectivity index (χ4v) is 1.67. The number of aromatic hydroxyl groups is 1. The zero-order valence-electron chi connectivity index (χ0n) is 9.95. The molecule has 0 spiro atoms. The molecular formula is C13H9ClF2N2O2. The molecule has 4 nitrogen and oxygen atoms in total. The van der Waals surface area contributed by atoms with Crippen LogP contribution in [0.15, 0.2) is 30.3 Å². The van der Waals surface area contributed by atoms with E-state index in [1.807, 2.05) is 0 Å². The zero-order chi connectivity index (χ0) is 14.9. The Morgan fingerprint density at radius 2 is 1.90 bits per heavy atom. The van der Waals surface area contributed by atoms with Gasteiger partial charge in [-0.2, -0.15) is 0 Å². The van der Waals surface area contributed by atoms with Crippen molar-refractivity contribution in [3.63, 3.8) is 0 Å². The SMILES string of the molecule is Nc1cc(O)c(NC(=O)c2ccc(F)c(F)c2)cc1Cl. The maximum absolute atomic E-state index is 13.0. The van der Waals surface area contributed by atoms with Gasteiger partial charge in [-0.25, -0.2) is 8.78 Å². The maximum atomic E-state index is 13.0. The van der Waals surface area contributed by atoms with Gasteiger partial charge in [-0.15, -0.1) is 0 Å². The minimum absolute atomic E-state index is 0.0129. The van der Waals surface area contributed by atoms with Crippen molar-refractivity contribution in [2.75, 3.05) is 11.1 Å². The lowest BCUT2D eigenvalue weighted by atomic mass is 10.2. The van der Waals surface area contributed by atoms with Crippen molar-refractivity contribution >= 4 is 28.9 Å². The molecule has 0 saturated carbocycles. The minimum Gasteiger partial charge on any atom is -0.506 e. The molecule has 0 aromatic heterocycles. The molecule has 0 unspecified atom stereocenters. The van der Waals surface area contributed by atoms with Crippen LogP contribution < -0.4 is 11.1 Å². The highest BCUT2D eigenvalue weighted by atomic mass is 35.5. The van der Waals surface area contributed by atoms with Crippen molar-refractivity contribution in [3.05, 3.63) is 52.6 Å². The fourth-order valence-electron chi connectivity index (χ4n) is 1.51. The number of anilines is 2. The number of carbonyl (C=O) groups is 1. The van der Waals surface area contributed by atoms with E-state index in [9.17, 15) is 18.7 Å². The van der Waals surface area contributed by atoms with E-state index >= 15 is 0 Å². The Balaban J connectivity index is 2.27. The molecule has 0 aliphatic rings. The number of benzene rings is 2. The number of hydrogen-bond donors (Lipinski definition) is 3. The summed E-state index contributed by atoms with van der Waals surface area (Å²) in [5.74, 6) is -3.21. The van der Waals surface area contributed by atoms with Crippen molar-refractivity contribution < 1.29 is 18.7 Å². The van der Waals surface area contributed by atoms with Crippen molar-refractivity contribution in [2.24, 2.45) is 0 Å². The predicted molar refractivity (Wildman–Crippen MR) is 71.8 cm³/mol. The summed E-state index contributed by atoms with van der Waals surface area (Å²) in [6.07, 6.45) is 0. The summed E-state index contributed by atoms with van der Waals surface area (Å²) in [6.45, 7) is 0. The summed E-state index contributed by atoms with van der Waals surface area (Å²) in [5, 5.41) is 12.1. The number of halogens is 3. The summed E-state index contributed by atoms with van der Waals surface area (Å²) in [6, 6.07) is 5.12. The highest BCUT2D eigenvalue weighted by molar-refractivity contribution is 6.33. The highest BCUT2D eigenvalue weighted by Crippen LogP contribution is 2.32.